The van der Waals surface area contributed by atoms with E-state index in [1.807, 2.05) is 0 Å². The van der Waals surface area contributed by atoms with Crippen molar-refractivity contribution in [2.45, 2.75) is 31.7 Å². The number of nitrogens with two attached hydrogens (primary N) is 1. The predicted molar refractivity (Wildman–Crippen MR) is 70.8 cm³/mol. The minimum Gasteiger partial charge on any atom is -0.385 e. The van der Waals surface area contributed by atoms with Crippen LogP contribution in [0.25, 0.3) is 0 Å². The Balaban J connectivity index is 0.00000256. The predicted octanol–water partition coefficient (Wildman–Crippen LogP) is 0.491. The zero-order valence-corrected chi connectivity index (χ0v) is 11.9. The molecule has 1 aliphatic rings. The van der Waals surface area contributed by atoms with Gasteiger partial charge in [0.2, 0.25) is 10.0 Å². The number of halogens is 1. The average Bonchev–Trinajstić information content (AvgIpc) is 2.64. The number of sulfonamides is 1. The maximum Gasteiger partial charge on any atom is 0.211 e. The first kappa shape index (κ1) is 17.1. The molecule has 0 saturated heterocycles. The second-order valence-electron chi connectivity index (χ2n) is 4.32. The van der Waals surface area contributed by atoms with Gasteiger partial charge in [0, 0.05) is 19.8 Å². The second-order valence-corrected chi connectivity index (χ2v) is 6.19. The van der Waals surface area contributed by atoms with Crippen molar-refractivity contribution in [1.82, 2.24) is 4.72 Å². The smallest absolute Gasteiger partial charge is 0.211 e. The molecule has 104 valence electrons. The molecule has 17 heavy (non-hydrogen) atoms. The highest BCUT2D eigenvalue weighted by molar-refractivity contribution is 7.89. The summed E-state index contributed by atoms with van der Waals surface area (Å²) >= 11 is 0. The molecule has 7 heteroatoms. The van der Waals surface area contributed by atoms with E-state index >= 15 is 0 Å². The Morgan fingerprint density at radius 3 is 2.71 bits per heavy atom. The molecule has 0 radical (unpaired) electrons. The van der Waals surface area contributed by atoms with Crippen molar-refractivity contribution in [3.63, 3.8) is 0 Å². The molecule has 2 atom stereocenters. The monoisotopic (exact) mass is 286 g/mol. The van der Waals surface area contributed by atoms with Crippen LogP contribution in [0.15, 0.2) is 0 Å². The Bertz CT molecular complexity index is 298. The molecule has 1 fully saturated rings. The van der Waals surface area contributed by atoms with Crippen LogP contribution in [0.2, 0.25) is 0 Å². The maximum atomic E-state index is 11.7. The molecule has 1 saturated carbocycles. The fourth-order valence-corrected chi connectivity index (χ4v) is 3.54. The number of rotatable bonds is 7. The van der Waals surface area contributed by atoms with Crippen molar-refractivity contribution < 1.29 is 13.2 Å². The Kier molecular flexibility index (Phi) is 8.32. The van der Waals surface area contributed by atoms with Crippen LogP contribution in [0.3, 0.4) is 0 Å². The third-order valence-corrected chi connectivity index (χ3v) is 4.54. The maximum absolute atomic E-state index is 11.7. The Hall–Kier alpha value is 0.120. The van der Waals surface area contributed by atoms with Crippen molar-refractivity contribution in [3.8, 4) is 0 Å². The Morgan fingerprint density at radius 1 is 1.41 bits per heavy atom. The topological polar surface area (TPSA) is 81.4 Å². The number of ether oxygens (including phenoxy) is 1. The van der Waals surface area contributed by atoms with Crippen LogP contribution in [-0.4, -0.2) is 40.5 Å². The van der Waals surface area contributed by atoms with Gasteiger partial charge >= 0.3 is 0 Å². The van der Waals surface area contributed by atoms with E-state index in [0.29, 0.717) is 25.5 Å². The number of methoxy groups -OCH3 is 1. The second kappa shape index (κ2) is 8.26. The van der Waals surface area contributed by atoms with E-state index in [1.165, 1.54) is 0 Å². The lowest BCUT2D eigenvalue weighted by atomic mass is 10.1. The molecule has 0 aliphatic heterocycles. The van der Waals surface area contributed by atoms with Crippen molar-refractivity contribution in [3.05, 3.63) is 0 Å². The molecule has 0 aromatic heterocycles. The summed E-state index contributed by atoms with van der Waals surface area (Å²) in [5.41, 5.74) is 5.61. The van der Waals surface area contributed by atoms with Crippen LogP contribution in [-0.2, 0) is 14.8 Å². The van der Waals surface area contributed by atoms with Gasteiger partial charge in [-0.1, -0.05) is 6.42 Å². The van der Waals surface area contributed by atoms with E-state index in [2.05, 4.69) is 4.72 Å². The molecular weight excluding hydrogens is 264 g/mol. The van der Waals surface area contributed by atoms with Gasteiger partial charge in [-0.3, -0.25) is 0 Å². The quantitative estimate of drug-likeness (QED) is 0.668. The van der Waals surface area contributed by atoms with E-state index in [4.69, 9.17) is 10.5 Å². The molecule has 1 rings (SSSR count). The van der Waals surface area contributed by atoms with Crippen LogP contribution in [0.1, 0.15) is 25.7 Å². The van der Waals surface area contributed by atoms with Crippen LogP contribution >= 0.6 is 12.4 Å². The van der Waals surface area contributed by atoms with Crippen molar-refractivity contribution >= 4 is 22.4 Å². The molecule has 0 heterocycles. The molecule has 0 aromatic carbocycles. The van der Waals surface area contributed by atoms with Gasteiger partial charge in [-0.25, -0.2) is 13.1 Å². The highest BCUT2D eigenvalue weighted by Gasteiger charge is 2.29. The highest BCUT2D eigenvalue weighted by Crippen LogP contribution is 2.25. The molecule has 3 N–H and O–H groups in total. The third kappa shape index (κ3) is 6.01. The van der Waals surface area contributed by atoms with E-state index in [-0.39, 0.29) is 24.2 Å². The zero-order valence-electron chi connectivity index (χ0n) is 10.2. The minimum atomic E-state index is -3.17. The summed E-state index contributed by atoms with van der Waals surface area (Å²) < 4.78 is 31.0. The summed E-state index contributed by atoms with van der Waals surface area (Å²) in [6.07, 6.45) is 3.53. The lowest BCUT2D eigenvalue weighted by Crippen LogP contribution is -2.41. The molecule has 2 unspecified atom stereocenters. The van der Waals surface area contributed by atoms with Gasteiger partial charge in [0.05, 0.1) is 5.75 Å². The fraction of sp³-hybridized carbons (Fsp3) is 1.00. The van der Waals surface area contributed by atoms with Crippen molar-refractivity contribution in [2.75, 3.05) is 26.0 Å². The Morgan fingerprint density at radius 2 is 2.12 bits per heavy atom. The summed E-state index contributed by atoms with van der Waals surface area (Å²) in [4.78, 5) is 0. The third-order valence-electron chi connectivity index (χ3n) is 3.05. The number of hydrogen-bond donors (Lipinski definition) is 2. The van der Waals surface area contributed by atoms with E-state index < -0.39 is 10.0 Å². The Labute approximate surface area is 110 Å². The van der Waals surface area contributed by atoms with E-state index in [0.717, 1.165) is 19.3 Å². The average molecular weight is 287 g/mol. The first-order chi connectivity index (χ1) is 7.59. The van der Waals surface area contributed by atoms with Gasteiger partial charge in [0.15, 0.2) is 0 Å². The van der Waals surface area contributed by atoms with Crippen LogP contribution in [0.5, 0.6) is 0 Å². The van der Waals surface area contributed by atoms with Crippen LogP contribution in [0.4, 0.5) is 0 Å². The van der Waals surface area contributed by atoms with Gasteiger partial charge in [-0.05, 0) is 31.7 Å². The fourth-order valence-electron chi connectivity index (χ4n) is 2.16. The van der Waals surface area contributed by atoms with E-state index in [1.54, 1.807) is 7.11 Å². The number of nitrogens with one attached hydrogen (secondary N) is 1. The molecule has 0 spiro atoms. The summed E-state index contributed by atoms with van der Waals surface area (Å²) in [7, 11) is -1.59. The molecule has 0 amide bonds. The van der Waals surface area contributed by atoms with Crippen LogP contribution < -0.4 is 10.5 Å². The molecule has 0 aromatic rings. The number of hydrogen-bond acceptors (Lipinski definition) is 4. The molecule has 0 bridgehead atoms. The van der Waals surface area contributed by atoms with Gasteiger partial charge < -0.3 is 10.5 Å². The van der Waals surface area contributed by atoms with Crippen molar-refractivity contribution in [2.24, 2.45) is 11.7 Å². The first-order valence-corrected chi connectivity index (χ1v) is 7.43. The minimum absolute atomic E-state index is 0. The van der Waals surface area contributed by atoms with Gasteiger partial charge in [0.25, 0.3) is 0 Å². The zero-order chi connectivity index (χ0) is 12.0. The van der Waals surface area contributed by atoms with Crippen molar-refractivity contribution in [1.29, 1.82) is 0 Å². The normalized spacial score (nSPS) is 24.6. The summed E-state index contributed by atoms with van der Waals surface area (Å²) in [5, 5.41) is 0. The van der Waals surface area contributed by atoms with Crippen LogP contribution in [0, 0.1) is 5.92 Å². The lowest BCUT2D eigenvalue weighted by molar-refractivity contribution is 0.199. The summed E-state index contributed by atoms with van der Waals surface area (Å²) in [5.74, 6) is 0.437. The highest BCUT2D eigenvalue weighted by atomic mass is 35.5. The van der Waals surface area contributed by atoms with Gasteiger partial charge in [-0.15, -0.1) is 12.4 Å². The molecule has 1 aliphatic carbocycles. The standard InChI is InChI=1S/C10H22N2O3S.ClH/c1-15-6-3-7-16(13,14)12-10-5-2-4-9(10)8-11;/h9-10,12H,2-8,11H2,1H3;1H. The van der Waals surface area contributed by atoms with Gasteiger partial charge in [-0.2, -0.15) is 0 Å². The molecule has 5 nitrogen and oxygen atoms in total. The summed E-state index contributed by atoms with van der Waals surface area (Å²) in [6, 6.07) is 0.0394. The lowest BCUT2D eigenvalue weighted by Gasteiger charge is -2.19. The van der Waals surface area contributed by atoms with Gasteiger partial charge in [0.1, 0.15) is 0 Å². The largest absolute Gasteiger partial charge is 0.385 e. The van der Waals surface area contributed by atoms with E-state index in [9.17, 15) is 8.42 Å². The summed E-state index contributed by atoms with van der Waals surface area (Å²) in [6.45, 7) is 1.04. The SMILES string of the molecule is COCCCS(=O)(=O)NC1CCCC1CN.Cl. The first-order valence-electron chi connectivity index (χ1n) is 5.78. The molecular formula is C10H23ClN2O3S.